The molecule has 0 spiro atoms. The zero-order chi connectivity index (χ0) is 55.8. The summed E-state index contributed by atoms with van der Waals surface area (Å²) in [6.45, 7) is 0.111. The third-order valence-electron chi connectivity index (χ3n) is 13.7. The molecule has 1 aliphatic carbocycles. The number of carbonyl (C=O) groups excluding carboxylic acids is 10. The molecule has 0 saturated carbocycles. The normalized spacial score (nSPS) is 17.3. The van der Waals surface area contributed by atoms with Crippen LogP contribution in [0.1, 0.15) is 90.4 Å². The number of fused-ring (bicyclic) bond motifs is 5. The van der Waals surface area contributed by atoms with E-state index in [0.717, 1.165) is 0 Å². The average molecular weight is 1080 g/mol. The van der Waals surface area contributed by atoms with Crippen LogP contribution in [0.4, 0.5) is 4.39 Å². The maximum atomic E-state index is 15.4. The van der Waals surface area contributed by atoms with Crippen LogP contribution < -0.4 is 37.5 Å². The summed E-state index contributed by atoms with van der Waals surface area (Å²) >= 11 is 0. The lowest BCUT2D eigenvalue weighted by Gasteiger charge is -2.31. The van der Waals surface area contributed by atoms with Crippen LogP contribution in [-0.4, -0.2) is 131 Å². The number of hydroxylamine groups is 2. The minimum absolute atomic E-state index is 0.00834. The highest BCUT2D eigenvalue weighted by atomic mass is 19.1. The number of aryl methyl sites for hydroxylation is 1. The van der Waals surface area contributed by atoms with Gasteiger partial charge in [-0.3, -0.25) is 43.2 Å². The molecule has 78 heavy (non-hydrogen) atoms. The molecule has 2 aromatic heterocycles. The maximum Gasteiger partial charge on any atom is 0.343 e. The van der Waals surface area contributed by atoms with E-state index in [1.807, 2.05) is 0 Å². The van der Waals surface area contributed by atoms with Gasteiger partial charge in [0.1, 0.15) is 31.8 Å². The molecule has 25 nitrogen and oxygen atoms in total. The van der Waals surface area contributed by atoms with E-state index < -0.39 is 121 Å². The number of aliphatic hydroxyl groups is 1. The molecule has 3 atom stereocenters. The number of nitrogens with zero attached hydrogens (tertiary/aromatic N) is 3. The van der Waals surface area contributed by atoms with Gasteiger partial charge in [-0.15, -0.1) is 5.06 Å². The van der Waals surface area contributed by atoms with Gasteiger partial charge in [0, 0.05) is 48.3 Å². The van der Waals surface area contributed by atoms with E-state index in [0.29, 0.717) is 68.0 Å². The molecule has 0 bridgehead atoms. The number of hydrogen-bond acceptors (Lipinski definition) is 17. The molecule has 8 rings (SSSR count). The molecule has 4 aromatic rings. The van der Waals surface area contributed by atoms with E-state index in [2.05, 4.69) is 31.9 Å². The number of cyclic esters (lactones) is 1. The van der Waals surface area contributed by atoms with Crippen molar-refractivity contribution in [2.24, 2.45) is 0 Å². The van der Waals surface area contributed by atoms with Gasteiger partial charge in [-0.2, -0.15) is 0 Å². The second kappa shape index (κ2) is 24.2. The molecule has 7 N–H and O–H groups in total. The number of amides is 8. The highest BCUT2D eigenvalue weighted by Gasteiger charge is 2.46. The van der Waals surface area contributed by atoms with E-state index in [9.17, 15) is 57.8 Å². The lowest BCUT2D eigenvalue weighted by Crippen LogP contribution is -2.52. The SMILES string of the molecule is CC[C@@]1(O)C(=O)OCc2c1cc1n(c2=O)Cc2c-1nc1cc(F)c(C)c3c1c2[C@@H](NC(=O)COCNC(=O)CNC(=O)[C@H](Cc1ccccc1)NC(=O)CNC(=O)CNC(=O)CCOCCC(=O)ON1C(=O)CCC1=O)CC3. The first kappa shape index (κ1) is 55.7. The van der Waals surface area contributed by atoms with Gasteiger partial charge in [0.05, 0.1) is 74.3 Å². The van der Waals surface area contributed by atoms with Crippen molar-refractivity contribution in [2.75, 3.05) is 46.2 Å². The maximum absolute atomic E-state index is 15.4. The Morgan fingerprint density at radius 2 is 1.53 bits per heavy atom. The number of carbonyl (C=O) groups is 10. The van der Waals surface area contributed by atoms with Crippen LogP contribution in [0.5, 0.6) is 0 Å². The Kier molecular flexibility index (Phi) is 17.3. The van der Waals surface area contributed by atoms with Crippen LogP contribution in [0.25, 0.3) is 22.3 Å². The molecule has 5 heterocycles. The number of hydrogen-bond donors (Lipinski definition) is 7. The minimum atomic E-state index is -2.06. The van der Waals surface area contributed by atoms with E-state index in [-0.39, 0.29) is 76.0 Å². The van der Waals surface area contributed by atoms with Crippen molar-refractivity contribution in [1.82, 2.24) is 46.5 Å². The lowest BCUT2D eigenvalue weighted by atomic mass is 9.81. The van der Waals surface area contributed by atoms with Crippen molar-refractivity contribution >= 4 is 70.1 Å². The van der Waals surface area contributed by atoms with Crippen molar-refractivity contribution in [2.45, 2.75) is 96.1 Å². The monoisotopic (exact) mass is 1080 g/mol. The molecule has 2 aromatic carbocycles. The first-order valence-electron chi connectivity index (χ1n) is 25.1. The molecule has 1 saturated heterocycles. The molecule has 0 unspecified atom stereocenters. The van der Waals surface area contributed by atoms with Gasteiger partial charge >= 0.3 is 11.9 Å². The van der Waals surface area contributed by atoms with Crippen LogP contribution >= 0.6 is 0 Å². The first-order chi connectivity index (χ1) is 37.4. The smallest absolute Gasteiger partial charge is 0.343 e. The summed E-state index contributed by atoms with van der Waals surface area (Å²) in [6.07, 6.45) is 0.124. The molecule has 26 heteroatoms. The quantitative estimate of drug-likeness (QED) is 0.0182. The van der Waals surface area contributed by atoms with Crippen LogP contribution in [0, 0.1) is 12.7 Å². The third-order valence-corrected chi connectivity index (χ3v) is 13.7. The molecular formula is C52H56FN9O16. The van der Waals surface area contributed by atoms with Crippen molar-refractivity contribution in [1.29, 1.82) is 0 Å². The van der Waals surface area contributed by atoms with Gasteiger partial charge in [-0.1, -0.05) is 37.3 Å². The van der Waals surface area contributed by atoms with Crippen molar-refractivity contribution in [3.8, 4) is 11.4 Å². The highest BCUT2D eigenvalue weighted by molar-refractivity contribution is 6.01. The lowest BCUT2D eigenvalue weighted by molar-refractivity contribution is -0.198. The number of aromatic nitrogens is 2. The summed E-state index contributed by atoms with van der Waals surface area (Å²) in [6, 6.07) is 9.68. The highest BCUT2D eigenvalue weighted by Crippen LogP contribution is 2.46. The molecule has 1 fully saturated rings. The van der Waals surface area contributed by atoms with E-state index in [1.165, 1.54) is 10.6 Å². The van der Waals surface area contributed by atoms with Crippen LogP contribution in [0.2, 0.25) is 0 Å². The minimum Gasteiger partial charge on any atom is -0.458 e. The number of nitrogens with one attached hydrogen (secondary N) is 6. The summed E-state index contributed by atoms with van der Waals surface area (Å²) in [7, 11) is 0. The molecule has 0 radical (unpaired) electrons. The predicted octanol–water partition coefficient (Wildman–Crippen LogP) is -0.799. The summed E-state index contributed by atoms with van der Waals surface area (Å²) in [5, 5.41) is 27.5. The number of ether oxygens (including phenoxy) is 3. The number of imide groups is 1. The zero-order valence-corrected chi connectivity index (χ0v) is 42.5. The van der Waals surface area contributed by atoms with E-state index in [1.54, 1.807) is 50.2 Å². The Morgan fingerprint density at radius 3 is 2.27 bits per heavy atom. The number of rotatable bonds is 23. The van der Waals surface area contributed by atoms with Gasteiger partial charge in [-0.25, -0.2) is 19.0 Å². The van der Waals surface area contributed by atoms with Crippen LogP contribution in [0.3, 0.4) is 0 Å². The number of pyridine rings is 2. The predicted molar refractivity (Wildman–Crippen MR) is 266 cm³/mol. The Bertz CT molecular complexity index is 3170. The fourth-order valence-corrected chi connectivity index (χ4v) is 9.60. The fourth-order valence-electron chi connectivity index (χ4n) is 9.60. The summed E-state index contributed by atoms with van der Waals surface area (Å²) in [4.78, 5) is 148. The molecular weight excluding hydrogens is 1030 g/mol. The van der Waals surface area contributed by atoms with Gasteiger partial charge in [-0.05, 0) is 54.5 Å². The van der Waals surface area contributed by atoms with Gasteiger partial charge in [0.25, 0.3) is 17.4 Å². The van der Waals surface area contributed by atoms with Crippen LogP contribution in [-0.2, 0) is 98.6 Å². The third kappa shape index (κ3) is 12.3. The van der Waals surface area contributed by atoms with Gasteiger partial charge in [0.15, 0.2) is 5.60 Å². The molecule has 3 aliphatic heterocycles. The number of benzene rings is 2. The average Bonchev–Trinajstić information content (AvgIpc) is 3.99. The van der Waals surface area contributed by atoms with E-state index in [4.69, 9.17) is 24.0 Å². The molecule has 4 aliphatic rings. The topological polar surface area (TPSA) is 338 Å². The Morgan fingerprint density at radius 1 is 0.833 bits per heavy atom. The summed E-state index contributed by atoms with van der Waals surface area (Å²) in [5.74, 6) is -7.53. The summed E-state index contributed by atoms with van der Waals surface area (Å²) < 4.78 is 32.7. The molecule has 8 amide bonds. The van der Waals surface area contributed by atoms with E-state index >= 15 is 4.39 Å². The Balaban J connectivity index is 0.785. The molecule has 412 valence electrons. The largest absolute Gasteiger partial charge is 0.458 e. The van der Waals surface area contributed by atoms with Gasteiger partial charge in [0.2, 0.25) is 35.4 Å². The number of halogens is 1. The fraction of sp³-hybridized carbons (Fsp3) is 0.423. The summed E-state index contributed by atoms with van der Waals surface area (Å²) in [5.41, 5.74) is 1.72. The van der Waals surface area contributed by atoms with Crippen molar-refractivity contribution in [3.05, 3.63) is 97.6 Å². The second-order valence-electron chi connectivity index (χ2n) is 18.8. The Hall–Kier alpha value is -8.49. The zero-order valence-electron chi connectivity index (χ0n) is 42.5. The van der Waals surface area contributed by atoms with Crippen molar-refractivity contribution in [3.63, 3.8) is 0 Å². The van der Waals surface area contributed by atoms with Crippen LogP contribution in [0.15, 0.2) is 47.3 Å². The Labute approximate surface area is 443 Å². The van der Waals surface area contributed by atoms with Crippen molar-refractivity contribution < 1.29 is 76.5 Å². The standard InChI is InChI=1S/C52H56FN9O16/c1-3-52(74)32-18-37-48-30(23-61(37)50(72)31(32)24-77-51(52)73)47-34(10-9-29-27(2)33(53)19-35(60-48)46(29)47)58-42(67)25-76-26-57-40(65)21-56-49(71)36(17-28-7-5-4-6-8-28)59-41(66)22-55-39(64)20-54-38(63)13-15-75-16-14-45(70)78-62-43(68)11-12-44(62)69/h4-8,18-19,34,36,74H,3,9-17,20-26H2,1-2H3,(H,54,63)(H,55,64)(H,56,71)(H,57,65)(H,58,67)(H,59,66)/t34-,36-,52-/m0/s1. The van der Waals surface area contributed by atoms with Gasteiger partial charge < -0.3 is 60.6 Å². The second-order valence-corrected chi connectivity index (χ2v) is 18.8. The number of esters is 1. The first-order valence-corrected chi connectivity index (χ1v) is 25.1.